The van der Waals surface area contributed by atoms with Gasteiger partial charge >= 0.3 is 11.9 Å². The van der Waals surface area contributed by atoms with Gasteiger partial charge in [0.15, 0.2) is 0 Å². The van der Waals surface area contributed by atoms with Gasteiger partial charge in [-0.25, -0.2) is 0 Å². The van der Waals surface area contributed by atoms with E-state index < -0.39 is 11.9 Å². The van der Waals surface area contributed by atoms with Crippen LogP contribution in [-0.4, -0.2) is 32.7 Å². The lowest BCUT2D eigenvalue weighted by molar-refractivity contribution is -0.137. The molecule has 0 aliphatic rings. The van der Waals surface area contributed by atoms with Crippen molar-refractivity contribution in [3.05, 3.63) is 35.0 Å². The zero-order valence-corrected chi connectivity index (χ0v) is 16.6. The Morgan fingerprint density at radius 3 is 1.54 bits per heavy atom. The molecule has 2 heterocycles. The molecule has 2 N–H and O–H groups in total. The summed E-state index contributed by atoms with van der Waals surface area (Å²) in [7, 11) is 0. The van der Waals surface area contributed by atoms with Crippen LogP contribution in [0.2, 0.25) is 0 Å². The van der Waals surface area contributed by atoms with E-state index >= 15 is 0 Å². The fraction of sp³-hybridized carbons (Fsp3) is 0.375. The Hall–Kier alpha value is -0.960. The number of rotatable bonds is 8. The highest BCUT2D eigenvalue weighted by Crippen LogP contribution is 2.29. The molecular weight excluding hydrogens is 384 g/mol. The standard InChI is InChI=1S/2C8H10O2S2/c2*1-6(5-7(9)10)12-8-3-2-4-11-8/h2*2-4,6H,5H2,1H3,(H,9,10)/t6-;/m0./s1. The second-order valence-electron chi connectivity index (χ2n) is 4.92. The van der Waals surface area contributed by atoms with E-state index in [1.165, 1.54) is 8.42 Å². The summed E-state index contributed by atoms with van der Waals surface area (Å²) in [5.74, 6) is -1.46. The van der Waals surface area contributed by atoms with Crippen LogP contribution in [0.15, 0.2) is 43.4 Å². The largest absolute Gasteiger partial charge is 0.481 e. The Labute approximate surface area is 158 Å². The third-order valence-electron chi connectivity index (χ3n) is 2.55. The van der Waals surface area contributed by atoms with Gasteiger partial charge in [-0.1, -0.05) is 26.0 Å². The number of aliphatic carboxylic acids is 2. The molecule has 0 aliphatic carbocycles. The number of thioether (sulfide) groups is 2. The van der Waals surface area contributed by atoms with E-state index in [0.717, 1.165) is 0 Å². The Morgan fingerprint density at radius 1 is 0.917 bits per heavy atom. The highest BCUT2D eigenvalue weighted by Gasteiger charge is 2.09. The fourth-order valence-electron chi connectivity index (χ4n) is 1.63. The predicted molar refractivity (Wildman–Crippen MR) is 104 cm³/mol. The summed E-state index contributed by atoms with van der Waals surface area (Å²) in [6.45, 7) is 3.86. The molecule has 2 aromatic rings. The van der Waals surface area contributed by atoms with E-state index in [-0.39, 0.29) is 23.3 Å². The summed E-state index contributed by atoms with van der Waals surface area (Å²) in [6, 6.07) is 7.96. The minimum Gasteiger partial charge on any atom is -0.481 e. The van der Waals surface area contributed by atoms with Gasteiger partial charge in [-0.15, -0.1) is 46.2 Å². The second kappa shape index (κ2) is 11.6. The minimum absolute atomic E-state index is 0.154. The topological polar surface area (TPSA) is 74.6 Å². The molecule has 2 rings (SSSR count). The van der Waals surface area contributed by atoms with Gasteiger partial charge in [0.1, 0.15) is 0 Å². The van der Waals surface area contributed by atoms with Crippen LogP contribution in [0, 0.1) is 0 Å². The minimum atomic E-state index is -0.730. The van der Waals surface area contributed by atoms with Crippen molar-refractivity contribution in [3.63, 3.8) is 0 Å². The Balaban J connectivity index is 0.000000240. The number of thiophene rings is 2. The zero-order valence-electron chi connectivity index (χ0n) is 13.4. The summed E-state index contributed by atoms with van der Waals surface area (Å²) in [4.78, 5) is 20.7. The lowest BCUT2D eigenvalue weighted by Gasteiger charge is -2.04. The van der Waals surface area contributed by atoms with Gasteiger partial charge in [0, 0.05) is 10.5 Å². The first-order chi connectivity index (χ1) is 11.4. The normalized spacial score (nSPS) is 12.8. The van der Waals surface area contributed by atoms with Crippen LogP contribution in [0.1, 0.15) is 26.7 Å². The number of carboxylic acids is 2. The number of hydrogen-bond acceptors (Lipinski definition) is 6. The van der Waals surface area contributed by atoms with E-state index in [1.807, 2.05) is 48.9 Å². The van der Waals surface area contributed by atoms with E-state index in [2.05, 4.69) is 0 Å². The van der Waals surface area contributed by atoms with Crippen molar-refractivity contribution in [2.24, 2.45) is 0 Å². The lowest BCUT2D eigenvalue weighted by Crippen LogP contribution is -2.04. The molecule has 2 aromatic heterocycles. The smallest absolute Gasteiger partial charge is 0.304 e. The van der Waals surface area contributed by atoms with E-state index in [9.17, 15) is 9.59 Å². The summed E-state index contributed by atoms with van der Waals surface area (Å²) >= 11 is 6.53. The molecule has 0 saturated heterocycles. The molecule has 0 saturated carbocycles. The third-order valence-corrected chi connectivity index (χ3v) is 6.90. The SMILES string of the molecule is CC(CC(=O)O)Sc1cccs1.C[C@@H](CC(=O)O)Sc1cccs1. The third kappa shape index (κ3) is 10.0. The van der Waals surface area contributed by atoms with Crippen LogP contribution in [0.3, 0.4) is 0 Å². The molecule has 0 spiro atoms. The number of carbonyl (C=O) groups is 2. The molecule has 0 aromatic carbocycles. The average Bonchev–Trinajstić information content (AvgIpc) is 3.11. The van der Waals surface area contributed by atoms with Crippen molar-refractivity contribution in [2.75, 3.05) is 0 Å². The maximum absolute atomic E-state index is 10.3. The lowest BCUT2D eigenvalue weighted by atomic mass is 10.3. The summed E-state index contributed by atoms with van der Waals surface area (Å²) < 4.78 is 2.37. The Bertz CT molecular complexity index is 541. The first-order valence-corrected chi connectivity index (χ1v) is 10.7. The van der Waals surface area contributed by atoms with Crippen LogP contribution >= 0.6 is 46.2 Å². The molecule has 24 heavy (non-hydrogen) atoms. The van der Waals surface area contributed by atoms with Gasteiger partial charge < -0.3 is 10.2 Å². The monoisotopic (exact) mass is 404 g/mol. The molecule has 4 nitrogen and oxygen atoms in total. The van der Waals surface area contributed by atoms with E-state index in [0.29, 0.717) is 0 Å². The van der Waals surface area contributed by atoms with Gasteiger partial charge in [-0.2, -0.15) is 0 Å². The highest BCUT2D eigenvalue weighted by atomic mass is 32.2. The van der Waals surface area contributed by atoms with Crippen LogP contribution < -0.4 is 0 Å². The van der Waals surface area contributed by atoms with E-state index in [1.54, 1.807) is 46.2 Å². The van der Waals surface area contributed by atoms with Gasteiger partial charge in [0.25, 0.3) is 0 Å². The van der Waals surface area contributed by atoms with E-state index in [4.69, 9.17) is 10.2 Å². The van der Waals surface area contributed by atoms with Crippen molar-refractivity contribution < 1.29 is 19.8 Å². The molecule has 2 atom stereocenters. The van der Waals surface area contributed by atoms with Crippen molar-refractivity contribution >= 4 is 58.1 Å². The predicted octanol–water partition coefficient (Wildman–Crippen LogP) is 5.41. The average molecular weight is 405 g/mol. The molecule has 1 unspecified atom stereocenters. The summed E-state index contributed by atoms with van der Waals surface area (Å²) in [6.07, 6.45) is 0.450. The fourth-order valence-corrected chi connectivity index (χ4v) is 5.85. The quantitative estimate of drug-likeness (QED) is 0.573. The molecule has 0 amide bonds. The van der Waals surface area contributed by atoms with Gasteiger partial charge in [-0.3, -0.25) is 9.59 Å². The molecule has 0 aliphatic heterocycles. The summed E-state index contributed by atoms with van der Waals surface area (Å²) in [5, 5.41) is 21.3. The van der Waals surface area contributed by atoms with Gasteiger partial charge in [-0.05, 0) is 22.9 Å². The Kier molecular flexibility index (Phi) is 10.2. The van der Waals surface area contributed by atoms with Crippen LogP contribution in [0.4, 0.5) is 0 Å². The second-order valence-corrected chi connectivity index (χ2v) is 10.3. The first-order valence-electron chi connectivity index (χ1n) is 7.20. The van der Waals surface area contributed by atoms with Crippen molar-refractivity contribution in [1.82, 2.24) is 0 Å². The molecule has 132 valence electrons. The van der Waals surface area contributed by atoms with Gasteiger partial charge in [0.05, 0.1) is 21.3 Å². The summed E-state index contributed by atoms with van der Waals surface area (Å²) in [5.41, 5.74) is 0. The van der Waals surface area contributed by atoms with Gasteiger partial charge in [0.2, 0.25) is 0 Å². The van der Waals surface area contributed by atoms with Crippen LogP contribution in [0.25, 0.3) is 0 Å². The molecule has 8 heteroatoms. The molecule has 0 bridgehead atoms. The van der Waals surface area contributed by atoms with Crippen molar-refractivity contribution in [1.29, 1.82) is 0 Å². The van der Waals surface area contributed by atoms with Crippen molar-refractivity contribution in [3.8, 4) is 0 Å². The molecular formula is C16H20O4S4. The maximum atomic E-state index is 10.3. The molecule has 0 radical (unpaired) electrons. The Morgan fingerprint density at radius 2 is 1.29 bits per heavy atom. The van der Waals surface area contributed by atoms with Crippen molar-refractivity contribution in [2.45, 2.75) is 45.6 Å². The maximum Gasteiger partial charge on any atom is 0.304 e. The number of hydrogen-bond donors (Lipinski definition) is 2. The van der Waals surface area contributed by atoms with Crippen LogP contribution in [-0.2, 0) is 9.59 Å². The molecule has 0 fully saturated rings. The number of carboxylic acid groups (broad SMARTS) is 2. The first kappa shape index (κ1) is 21.1. The highest BCUT2D eigenvalue weighted by molar-refractivity contribution is 8.02. The van der Waals surface area contributed by atoms with Crippen LogP contribution in [0.5, 0.6) is 0 Å². The zero-order chi connectivity index (χ0) is 17.9.